The Kier molecular flexibility index (Phi) is 5.12. The fourth-order valence-electron chi connectivity index (χ4n) is 3.00. The number of hydrogen-bond donors (Lipinski definition) is 0. The molecule has 0 saturated carbocycles. The number of carbonyl (C=O) groups is 2. The molecule has 2 aliphatic heterocycles. The minimum Gasteiger partial charge on any atom is -0.450 e. The first-order valence-corrected chi connectivity index (χ1v) is 8.47. The molecule has 0 aromatic carbocycles. The Balaban J connectivity index is 1.56. The molecule has 1 aromatic rings. The number of amides is 2. The lowest BCUT2D eigenvalue weighted by atomic mass is 10.2. The van der Waals surface area contributed by atoms with Crippen molar-refractivity contribution in [2.45, 2.75) is 19.8 Å². The minimum absolute atomic E-state index is 0.0912. The number of nitrogens with zero attached hydrogens (tertiary/aromatic N) is 5. The first-order valence-electron chi connectivity index (χ1n) is 8.47. The van der Waals surface area contributed by atoms with Crippen molar-refractivity contribution in [3.8, 4) is 0 Å². The molecule has 0 unspecified atom stereocenters. The van der Waals surface area contributed by atoms with Crippen LogP contribution in [-0.2, 0) is 4.74 Å². The van der Waals surface area contributed by atoms with Gasteiger partial charge in [-0.05, 0) is 19.8 Å². The summed E-state index contributed by atoms with van der Waals surface area (Å²) in [4.78, 5) is 38.4. The van der Waals surface area contributed by atoms with E-state index in [4.69, 9.17) is 4.74 Å². The predicted octanol–water partition coefficient (Wildman–Crippen LogP) is 0.991. The lowest BCUT2D eigenvalue weighted by Crippen LogP contribution is -2.50. The van der Waals surface area contributed by atoms with Gasteiger partial charge in [-0.2, -0.15) is 0 Å². The highest BCUT2D eigenvalue weighted by atomic mass is 16.6. The van der Waals surface area contributed by atoms with E-state index in [1.807, 2.05) is 0 Å². The SMILES string of the molecule is CCOC(=O)N1CCN(C(=O)c2cnc(N3CCCC3)nc2)CC1. The lowest BCUT2D eigenvalue weighted by Gasteiger charge is -2.34. The van der Waals surface area contributed by atoms with E-state index in [1.54, 1.807) is 29.1 Å². The summed E-state index contributed by atoms with van der Waals surface area (Å²) in [7, 11) is 0. The molecular formula is C16H23N5O3. The average Bonchev–Trinajstić information content (AvgIpc) is 3.16. The molecule has 2 fully saturated rings. The molecule has 0 aliphatic carbocycles. The first-order chi connectivity index (χ1) is 11.7. The van der Waals surface area contributed by atoms with Crippen molar-refractivity contribution in [3.05, 3.63) is 18.0 Å². The Morgan fingerprint density at radius 2 is 1.58 bits per heavy atom. The summed E-state index contributed by atoms with van der Waals surface area (Å²) < 4.78 is 4.98. The van der Waals surface area contributed by atoms with Gasteiger partial charge >= 0.3 is 6.09 Å². The van der Waals surface area contributed by atoms with Crippen LogP contribution < -0.4 is 4.90 Å². The molecule has 0 N–H and O–H groups in total. The van der Waals surface area contributed by atoms with Crippen LogP contribution in [0.5, 0.6) is 0 Å². The highest BCUT2D eigenvalue weighted by Crippen LogP contribution is 2.16. The summed E-state index contributed by atoms with van der Waals surface area (Å²) in [5.41, 5.74) is 0.488. The van der Waals surface area contributed by atoms with Crippen molar-refractivity contribution in [3.63, 3.8) is 0 Å². The summed E-state index contributed by atoms with van der Waals surface area (Å²) in [5, 5.41) is 0. The molecule has 24 heavy (non-hydrogen) atoms. The molecule has 1 aromatic heterocycles. The minimum atomic E-state index is -0.317. The Morgan fingerprint density at radius 3 is 2.17 bits per heavy atom. The molecule has 2 amide bonds. The van der Waals surface area contributed by atoms with Crippen LogP contribution in [0.25, 0.3) is 0 Å². The molecule has 2 saturated heterocycles. The third-order valence-corrected chi connectivity index (χ3v) is 4.37. The maximum atomic E-state index is 12.5. The van der Waals surface area contributed by atoms with Gasteiger partial charge in [-0.3, -0.25) is 4.79 Å². The molecule has 3 heterocycles. The summed E-state index contributed by atoms with van der Waals surface area (Å²) in [6.45, 7) is 6.04. The third-order valence-electron chi connectivity index (χ3n) is 4.37. The van der Waals surface area contributed by atoms with Crippen LogP contribution in [-0.4, -0.2) is 77.6 Å². The van der Waals surface area contributed by atoms with Gasteiger partial charge in [0.2, 0.25) is 5.95 Å². The topological polar surface area (TPSA) is 78.9 Å². The molecule has 0 bridgehead atoms. The zero-order valence-corrected chi connectivity index (χ0v) is 14.0. The van der Waals surface area contributed by atoms with E-state index in [2.05, 4.69) is 14.9 Å². The van der Waals surface area contributed by atoms with Gasteiger partial charge in [0.05, 0.1) is 12.2 Å². The molecule has 3 rings (SSSR count). The quantitative estimate of drug-likeness (QED) is 0.821. The molecule has 0 spiro atoms. The van der Waals surface area contributed by atoms with E-state index in [-0.39, 0.29) is 12.0 Å². The van der Waals surface area contributed by atoms with Crippen LogP contribution in [0.4, 0.5) is 10.7 Å². The number of carbonyl (C=O) groups excluding carboxylic acids is 2. The smallest absolute Gasteiger partial charge is 0.409 e. The molecular weight excluding hydrogens is 310 g/mol. The van der Waals surface area contributed by atoms with Crippen LogP contribution in [0.15, 0.2) is 12.4 Å². The molecule has 0 radical (unpaired) electrons. The Bertz CT molecular complexity index is 578. The third kappa shape index (κ3) is 3.58. The van der Waals surface area contributed by atoms with Crippen molar-refractivity contribution in [2.24, 2.45) is 0 Å². The Hall–Kier alpha value is -2.38. The zero-order valence-electron chi connectivity index (χ0n) is 14.0. The van der Waals surface area contributed by atoms with Crippen LogP contribution in [0.2, 0.25) is 0 Å². The molecule has 8 nitrogen and oxygen atoms in total. The second-order valence-corrected chi connectivity index (χ2v) is 5.94. The van der Waals surface area contributed by atoms with E-state index < -0.39 is 0 Å². The summed E-state index contributed by atoms with van der Waals surface area (Å²) in [5.74, 6) is 0.600. The van der Waals surface area contributed by atoms with Gasteiger partial charge in [0.15, 0.2) is 0 Å². The zero-order chi connectivity index (χ0) is 16.9. The van der Waals surface area contributed by atoms with Crippen LogP contribution >= 0.6 is 0 Å². The van der Waals surface area contributed by atoms with Crippen LogP contribution in [0, 0.1) is 0 Å². The number of hydrogen-bond acceptors (Lipinski definition) is 6. The van der Waals surface area contributed by atoms with Crippen LogP contribution in [0.3, 0.4) is 0 Å². The van der Waals surface area contributed by atoms with Gasteiger partial charge in [0.1, 0.15) is 0 Å². The van der Waals surface area contributed by atoms with Crippen molar-refractivity contribution < 1.29 is 14.3 Å². The maximum absolute atomic E-state index is 12.5. The number of aromatic nitrogens is 2. The normalized spacial score (nSPS) is 18.0. The fourth-order valence-corrected chi connectivity index (χ4v) is 3.00. The van der Waals surface area contributed by atoms with E-state index in [1.165, 1.54) is 0 Å². The summed E-state index contributed by atoms with van der Waals surface area (Å²) >= 11 is 0. The average molecular weight is 333 g/mol. The van der Waals surface area contributed by atoms with Gasteiger partial charge in [-0.15, -0.1) is 0 Å². The number of piperazine rings is 1. The monoisotopic (exact) mass is 333 g/mol. The van der Waals surface area contributed by atoms with Crippen molar-refractivity contribution in [1.29, 1.82) is 0 Å². The van der Waals surface area contributed by atoms with Gasteiger partial charge in [0, 0.05) is 51.7 Å². The standard InChI is InChI=1S/C16H23N5O3/c1-2-24-16(23)21-9-7-19(8-10-21)14(22)13-11-17-15(18-12-13)20-5-3-4-6-20/h11-12H,2-10H2,1H3. The summed E-state index contributed by atoms with van der Waals surface area (Å²) in [6.07, 6.45) is 5.20. The van der Waals surface area contributed by atoms with Crippen molar-refractivity contribution >= 4 is 17.9 Å². The van der Waals surface area contributed by atoms with Gasteiger partial charge in [-0.1, -0.05) is 0 Å². The molecule has 2 aliphatic rings. The molecule has 130 valence electrons. The van der Waals surface area contributed by atoms with E-state index >= 15 is 0 Å². The summed E-state index contributed by atoms with van der Waals surface area (Å²) in [6, 6.07) is 0. The van der Waals surface area contributed by atoms with Gasteiger partial charge in [0.25, 0.3) is 5.91 Å². The predicted molar refractivity (Wildman–Crippen MR) is 88.0 cm³/mol. The second kappa shape index (κ2) is 7.46. The first kappa shape index (κ1) is 16.5. The van der Waals surface area contributed by atoms with Gasteiger partial charge < -0.3 is 19.4 Å². The Labute approximate surface area is 141 Å². The lowest BCUT2D eigenvalue weighted by molar-refractivity contribution is 0.0570. The number of anilines is 1. The highest BCUT2D eigenvalue weighted by molar-refractivity contribution is 5.93. The number of ether oxygens (including phenoxy) is 1. The van der Waals surface area contributed by atoms with Crippen LogP contribution in [0.1, 0.15) is 30.1 Å². The second-order valence-electron chi connectivity index (χ2n) is 5.94. The van der Waals surface area contributed by atoms with Crippen molar-refractivity contribution in [2.75, 3.05) is 50.8 Å². The Morgan fingerprint density at radius 1 is 1.00 bits per heavy atom. The van der Waals surface area contributed by atoms with E-state index in [9.17, 15) is 9.59 Å². The fraction of sp³-hybridized carbons (Fsp3) is 0.625. The largest absolute Gasteiger partial charge is 0.450 e. The van der Waals surface area contributed by atoms with E-state index in [0.717, 1.165) is 25.9 Å². The maximum Gasteiger partial charge on any atom is 0.409 e. The molecule has 8 heteroatoms. The molecule has 0 atom stereocenters. The van der Waals surface area contributed by atoms with Crippen molar-refractivity contribution in [1.82, 2.24) is 19.8 Å². The van der Waals surface area contributed by atoms with E-state index in [0.29, 0.717) is 44.3 Å². The number of rotatable bonds is 3. The highest BCUT2D eigenvalue weighted by Gasteiger charge is 2.26. The van der Waals surface area contributed by atoms with Gasteiger partial charge in [-0.25, -0.2) is 14.8 Å².